The second-order valence-electron chi connectivity index (χ2n) is 5.04. The molecule has 2 aromatic rings. The second kappa shape index (κ2) is 5.91. The van der Waals surface area contributed by atoms with Crippen molar-refractivity contribution >= 4 is 17.2 Å². The minimum atomic E-state index is -0.0829. The highest BCUT2D eigenvalue weighted by atomic mass is 35.5. The standard InChI is InChI=1S/C14H17ClN4O/c15-11-2-3-13-17-12(8-14(20)19(13)9-11)10-18-6-1-4-16-5-7-18/h2-3,8-9,16H,1,4-7,10H2. The number of halogens is 1. The SMILES string of the molecule is O=c1cc(CN2CCCNCC2)nc2ccc(Cl)cn12. The number of rotatable bonds is 2. The summed E-state index contributed by atoms with van der Waals surface area (Å²) in [7, 11) is 0. The molecule has 1 saturated heterocycles. The predicted molar refractivity (Wildman–Crippen MR) is 79.2 cm³/mol. The Kier molecular flexibility index (Phi) is 4.00. The Hall–Kier alpha value is -1.43. The number of fused-ring (bicyclic) bond motifs is 1. The summed E-state index contributed by atoms with van der Waals surface area (Å²) in [6, 6.07) is 5.13. The molecule has 0 bridgehead atoms. The van der Waals surface area contributed by atoms with Crippen molar-refractivity contribution in [3.05, 3.63) is 45.5 Å². The van der Waals surface area contributed by atoms with Crippen LogP contribution in [0.5, 0.6) is 0 Å². The van der Waals surface area contributed by atoms with Crippen molar-refractivity contribution < 1.29 is 0 Å². The van der Waals surface area contributed by atoms with Crippen LogP contribution in [0.2, 0.25) is 5.02 Å². The highest BCUT2D eigenvalue weighted by molar-refractivity contribution is 6.30. The van der Waals surface area contributed by atoms with Crippen molar-refractivity contribution in [3.8, 4) is 0 Å². The normalized spacial score (nSPS) is 17.2. The summed E-state index contributed by atoms with van der Waals surface area (Å²) in [5, 5.41) is 3.90. The number of hydrogen-bond acceptors (Lipinski definition) is 4. The van der Waals surface area contributed by atoms with Gasteiger partial charge in [-0.05, 0) is 31.6 Å². The van der Waals surface area contributed by atoms with Crippen LogP contribution in [0.4, 0.5) is 0 Å². The summed E-state index contributed by atoms with van der Waals surface area (Å²) in [5.41, 5.74) is 1.38. The number of aromatic nitrogens is 2. The molecule has 0 aromatic carbocycles. The van der Waals surface area contributed by atoms with Crippen LogP contribution >= 0.6 is 11.6 Å². The molecule has 0 unspecified atom stereocenters. The summed E-state index contributed by atoms with van der Waals surface area (Å²) in [6.07, 6.45) is 2.73. The van der Waals surface area contributed by atoms with Crippen molar-refractivity contribution in [2.75, 3.05) is 26.2 Å². The number of nitrogens with zero attached hydrogens (tertiary/aromatic N) is 3. The zero-order valence-corrected chi connectivity index (χ0v) is 11.9. The first-order chi connectivity index (χ1) is 9.72. The predicted octanol–water partition coefficient (Wildman–Crippen LogP) is 1.14. The van der Waals surface area contributed by atoms with E-state index < -0.39 is 0 Å². The maximum atomic E-state index is 12.1. The molecule has 0 saturated carbocycles. The lowest BCUT2D eigenvalue weighted by Crippen LogP contribution is -2.29. The first kappa shape index (κ1) is 13.5. The van der Waals surface area contributed by atoms with Gasteiger partial charge in [-0.3, -0.25) is 14.1 Å². The minimum absolute atomic E-state index is 0.0829. The summed E-state index contributed by atoms with van der Waals surface area (Å²) < 4.78 is 1.48. The third-order valence-corrected chi connectivity index (χ3v) is 3.72. The van der Waals surface area contributed by atoms with E-state index in [0.29, 0.717) is 10.7 Å². The van der Waals surface area contributed by atoms with Crippen molar-refractivity contribution in [3.63, 3.8) is 0 Å². The molecule has 3 heterocycles. The van der Waals surface area contributed by atoms with Crippen LogP contribution in [0, 0.1) is 0 Å². The summed E-state index contributed by atoms with van der Waals surface area (Å²) in [5.74, 6) is 0. The maximum Gasteiger partial charge on any atom is 0.258 e. The average molecular weight is 293 g/mol. The van der Waals surface area contributed by atoms with Gasteiger partial charge in [-0.2, -0.15) is 0 Å². The van der Waals surface area contributed by atoms with Crippen LogP contribution in [-0.2, 0) is 6.54 Å². The Morgan fingerprint density at radius 2 is 2.20 bits per heavy atom. The maximum absolute atomic E-state index is 12.1. The first-order valence-electron chi connectivity index (χ1n) is 6.83. The molecule has 0 radical (unpaired) electrons. The highest BCUT2D eigenvalue weighted by Gasteiger charge is 2.11. The minimum Gasteiger partial charge on any atom is -0.315 e. The largest absolute Gasteiger partial charge is 0.315 e. The molecular weight excluding hydrogens is 276 g/mol. The third kappa shape index (κ3) is 3.00. The number of hydrogen-bond donors (Lipinski definition) is 1. The van der Waals surface area contributed by atoms with Gasteiger partial charge >= 0.3 is 0 Å². The highest BCUT2D eigenvalue weighted by Crippen LogP contribution is 2.09. The quantitative estimate of drug-likeness (QED) is 0.902. The smallest absolute Gasteiger partial charge is 0.258 e. The van der Waals surface area contributed by atoms with Crippen LogP contribution in [0.3, 0.4) is 0 Å². The fraction of sp³-hybridized carbons (Fsp3) is 0.429. The van der Waals surface area contributed by atoms with Gasteiger partial charge in [0, 0.05) is 31.9 Å². The number of nitrogens with one attached hydrogen (secondary N) is 1. The summed E-state index contributed by atoms with van der Waals surface area (Å²) >= 11 is 5.90. The molecule has 0 atom stereocenters. The van der Waals surface area contributed by atoms with E-state index in [4.69, 9.17) is 11.6 Å². The van der Waals surface area contributed by atoms with Crippen LogP contribution < -0.4 is 10.9 Å². The van der Waals surface area contributed by atoms with Crippen LogP contribution in [0.15, 0.2) is 29.2 Å². The van der Waals surface area contributed by atoms with E-state index in [-0.39, 0.29) is 5.56 Å². The van der Waals surface area contributed by atoms with Crippen molar-refractivity contribution in [1.82, 2.24) is 19.6 Å². The van der Waals surface area contributed by atoms with E-state index in [1.165, 1.54) is 4.40 Å². The van der Waals surface area contributed by atoms with Crippen LogP contribution in [0.25, 0.3) is 5.65 Å². The molecule has 1 N–H and O–H groups in total. The van der Waals surface area contributed by atoms with Crippen molar-refractivity contribution in [2.45, 2.75) is 13.0 Å². The van der Waals surface area contributed by atoms with E-state index in [0.717, 1.165) is 44.8 Å². The van der Waals surface area contributed by atoms with Gasteiger partial charge in [0.2, 0.25) is 0 Å². The van der Waals surface area contributed by atoms with Gasteiger partial charge < -0.3 is 5.32 Å². The van der Waals surface area contributed by atoms with Crippen LogP contribution in [0.1, 0.15) is 12.1 Å². The summed E-state index contributed by atoms with van der Waals surface area (Å²) in [4.78, 5) is 19.0. The van der Waals surface area contributed by atoms with Crippen LogP contribution in [-0.4, -0.2) is 40.5 Å². The molecule has 6 heteroatoms. The molecule has 20 heavy (non-hydrogen) atoms. The van der Waals surface area contributed by atoms with E-state index in [1.807, 2.05) is 0 Å². The Bertz CT molecular complexity index is 662. The molecule has 1 aliphatic heterocycles. The van der Waals surface area contributed by atoms with Crippen molar-refractivity contribution in [2.24, 2.45) is 0 Å². The molecule has 1 fully saturated rings. The average Bonchev–Trinajstić information content (AvgIpc) is 2.68. The molecule has 5 nitrogen and oxygen atoms in total. The Balaban J connectivity index is 1.88. The number of pyridine rings is 1. The molecule has 0 amide bonds. The van der Waals surface area contributed by atoms with E-state index in [1.54, 1.807) is 24.4 Å². The fourth-order valence-electron chi connectivity index (χ4n) is 2.50. The second-order valence-corrected chi connectivity index (χ2v) is 5.48. The third-order valence-electron chi connectivity index (χ3n) is 3.49. The molecule has 106 valence electrons. The van der Waals surface area contributed by atoms with E-state index >= 15 is 0 Å². The van der Waals surface area contributed by atoms with Gasteiger partial charge in [-0.15, -0.1) is 0 Å². The van der Waals surface area contributed by atoms with Gasteiger partial charge in [0.05, 0.1) is 10.7 Å². The zero-order chi connectivity index (χ0) is 13.9. The van der Waals surface area contributed by atoms with Gasteiger partial charge in [0.15, 0.2) is 0 Å². The lowest BCUT2D eigenvalue weighted by atomic mass is 10.3. The molecule has 0 aliphatic carbocycles. The van der Waals surface area contributed by atoms with E-state index in [2.05, 4.69) is 15.2 Å². The van der Waals surface area contributed by atoms with Gasteiger partial charge in [0.25, 0.3) is 5.56 Å². The van der Waals surface area contributed by atoms with Gasteiger partial charge in [0.1, 0.15) is 5.65 Å². The first-order valence-corrected chi connectivity index (χ1v) is 7.21. The van der Waals surface area contributed by atoms with Gasteiger partial charge in [-0.25, -0.2) is 4.98 Å². The molecule has 3 rings (SSSR count). The molecular formula is C14H17ClN4O. The van der Waals surface area contributed by atoms with Crippen molar-refractivity contribution in [1.29, 1.82) is 0 Å². The monoisotopic (exact) mass is 292 g/mol. The molecule has 2 aromatic heterocycles. The Morgan fingerprint density at radius 1 is 1.30 bits per heavy atom. The fourth-order valence-corrected chi connectivity index (χ4v) is 2.66. The lowest BCUT2D eigenvalue weighted by molar-refractivity contribution is 0.281. The summed E-state index contributed by atoms with van der Waals surface area (Å²) in [6.45, 7) is 4.79. The lowest BCUT2D eigenvalue weighted by Gasteiger charge is -2.18. The van der Waals surface area contributed by atoms with E-state index in [9.17, 15) is 4.79 Å². The molecule has 0 spiro atoms. The molecule has 1 aliphatic rings. The zero-order valence-electron chi connectivity index (χ0n) is 11.2. The Morgan fingerprint density at radius 3 is 3.10 bits per heavy atom. The Labute approximate surface area is 122 Å². The topological polar surface area (TPSA) is 49.6 Å². The van der Waals surface area contributed by atoms with Gasteiger partial charge in [-0.1, -0.05) is 11.6 Å².